The summed E-state index contributed by atoms with van der Waals surface area (Å²) in [7, 11) is -9.34. The van der Waals surface area contributed by atoms with Gasteiger partial charge >= 0.3 is 37.7 Å². The van der Waals surface area contributed by atoms with E-state index in [-0.39, 0.29) is 55.0 Å². The minimum atomic E-state index is -4.82. The van der Waals surface area contributed by atoms with Crippen LogP contribution in [0.3, 0.4) is 0 Å². The third-order valence-electron chi connectivity index (χ3n) is 8.29. The quantitative estimate of drug-likeness (QED) is 0.0499. The summed E-state index contributed by atoms with van der Waals surface area (Å²) < 4.78 is 79.4. The van der Waals surface area contributed by atoms with E-state index in [1.54, 1.807) is 54.6 Å². The van der Waals surface area contributed by atoms with Gasteiger partial charge in [-0.2, -0.15) is 8.42 Å². The van der Waals surface area contributed by atoms with Crippen molar-refractivity contribution in [3.8, 4) is 34.5 Å². The Labute approximate surface area is 345 Å². The van der Waals surface area contributed by atoms with Crippen molar-refractivity contribution in [1.82, 2.24) is 0 Å². The maximum Gasteiger partial charge on any atom is 2.00 e. The van der Waals surface area contributed by atoms with Crippen molar-refractivity contribution in [3.63, 3.8) is 0 Å². The predicted molar refractivity (Wildman–Crippen MR) is 205 cm³/mol. The molecule has 10 nitrogen and oxygen atoms in total. The zero-order chi connectivity index (χ0) is 38.0. The fourth-order valence-corrected chi connectivity index (χ4v) is 7.00. The van der Waals surface area contributed by atoms with Crippen molar-refractivity contribution < 1.29 is 45.6 Å². The predicted octanol–water partition coefficient (Wildman–Crippen LogP) is 9.31. The Morgan fingerprint density at radius 2 is 1.00 bits per heavy atom. The first kappa shape index (κ1) is 46.3. The van der Waals surface area contributed by atoms with E-state index in [1.807, 2.05) is 6.07 Å². The SMILES string of the molecule is CCCCCCCCc1cc(O)cc(S(=O)(=O)O)c1Oc1ccccc1.CCCCCCCCc1cc([O-])cc(S(=O)(=O)[O-])c1Oc1ccccc1.[Ca+2]. The summed E-state index contributed by atoms with van der Waals surface area (Å²) >= 11 is 0. The molecule has 0 saturated heterocycles. The Kier molecular flexibility index (Phi) is 20.8. The van der Waals surface area contributed by atoms with Crippen LogP contribution in [-0.2, 0) is 33.1 Å². The number of aryl methyl sites for hydroxylation is 2. The molecular weight excluding hydrogens is 745 g/mol. The number of unbranched alkanes of at least 4 members (excludes halogenated alkanes) is 10. The van der Waals surface area contributed by atoms with Crippen molar-refractivity contribution in [1.29, 1.82) is 0 Å². The van der Waals surface area contributed by atoms with Crippen LogP contribution in [0.1, 0.15) is 102 Å². The molecule has 4 aromatic rings. The van der Waals surface area contributed by atoms with Gasteiger partial charge in [0.05, 0.1) is 4.90 Å². The van der Waals surface area contributed by atoms with E-state index in [9.17, 15) is 36.2 Å². The van der Waals surface area contributed by atoms with E-state index >= 15 is 0 Å². The molecule has 53 heavy (non-hydrogen) atoms. The summed E-state index contributed by atoms with van der Waals surface area (Å²) in [5, 5.41) is 21.8. The summed E-state index contributed by atoms with van der Waals surface area (Å²) in [6.07, 6.45) is 14.0. The minimum absolute atomic E-state index is 0. The first-order valence-electron chi connectivity index (χ1n) is 17.9. The third kappa shape index (κ3) is 16.6. The maximum absolute atomic E-state index is 11.9. The maximum atomic E-state index is 11.9. The van der Waals surface area contributed by atoms with E-state index in [2.05, 4.69) is 13.8 Å². The van der Waals surface area contributed by atoms with Gasteiger partial charge in [-0.05, 0) is 73.2 Å². The normalized spacial score (nSPS) is 11.2. The first-order valence-corrected chi connectivity index (χ1v) is 20.8. The van der Waals surface area contributed by atoms with E-state index < -0.39 is 35.8 Å². The van der Waals surface area contributed by atoms with Gasteiger partial charge in [-0.15, -0.1) is 5.75 Å². The van der Waals surface area contributed by atoms with Gasteiger partial charge in [0.2, 0.25) is 0 Å². The van der Waals surface area contributed by atoms with Gasteiger partial charge in [0.1, 0.15) is 38.0 Å². The molecule has 0 fully saturated rings. The second kappa shape index (κ2) is 23.8. The second-order valence-electron chi connectivity index (χ2n) is 12.6. The van der Waals surface area contributed by atoms with Gasteiger partial charge in [-0.25, -0.2) is 8.42 Å². The van der Waals surface area contributed by atoms with Crippen molar-refractivity contribution in [2.45, 2.75) is 114 Å². The molecule has 4 rings (SSSR count). The van der Waals surface area contributed by atoms with E-state index in [0.717, 1.165) is 63.5 Å². The molecule has 0 amide bonds. The fraction of sp³-hybridized carbons (Fsp3) is 0.400. The molecule has 0 atom stereocenters. The van der Waals surface area contributed by atoms with Gasteiger partial charge in [0.25, 0.3) is 10.1 Å². The second-order valence-corrected chi connectivity index (χ2v) is 15.4. The first-order chi connectivity index (χ1) is 24.8. The number of phenolic OH excluding ortho intramolecular Hbond substituents is 1. The van der Waals surface area contributed by atoms with Crippen LogP contribution in [0.25, 0.3) is 0 Å². The standard InChI is InChI=1S/2C20H26O5S.Ca/c2*1-2-3-4-5-6-8-11-16-14-17(21)15-19(26(22,23)24)20(16)25-18-12-9-7-10-13-18;/h2*7,9-10,12-15,21H,2-6,8,11H2,1H3,(H,22,23,24);/q;;+2/p-2. The molecule has 0 aliphatic carbocycles. The molecule has 0 radical (unpaired) electrons. The third-order valence-corrected chi connectivity index (χ3v) is 10.00. The molecule has 0 heterocycles. The van der Waals surface area contributed by atoms with Crippen LogP contribution in [0.5, 0.6) is 34.5 Å². The molecule has 0 aliphatic heterocycles. The Morgan fingerprint density at radius 3 is 1.43 bits per heavy atom. The van der Waals surface area contributed by atoms with E-state index in [4.69, 9.17) is 9.47 Å². The molecule has 0 bridgehead atoms. The molecule has 13 heteroatoms. The zero-order valence-corrected chi connectivity index (χ0v) is 34.5. The number of benzene rings is 4. The molecule has 0 spiro atoms. The zero-order valence-electron chi connectivity index (χ0n) is 30.7. The monoisotopic (exact) mass is 794 g/mol. The van der Waals surface area contributed by atoms with E-state index in [1.165, 1.54) is 37.8 Å². The topological polar surface area (TPSA) is 173 Å². The van der Waals surface area contributed by atoms with Crippen LogP contribution >= 0.6 is 0 Å². The summed E-state index contributed by atoms with van der Waals surface area (Å²) in [6, 6.07) is 22.1. The number of hydrogen-bond donors (Lipinski definition) is 2. The largest absolute Gasteiger partial charge is 2.00 e. The number of para-hydroxylation sites is 2. The average Bonchev–Trinajstić information content (AvgIpc) is 3.10. The van der Waals surface area contributed by atoms with Crippen molar-refractivity contribution >= 4 is 58.0 Å². The van der Waals surface area contributed by atoms with Crippen LogP contribution in [-0.4, -0.2) is 68.8 Å². The molecular formula is C40H50CaO10S2. The average molecular weight is 795 g/mol. The number of phenols is 1. The summed E-state index contributed by atoms with van der Waals surface area (Å²) in [5.74, 6) is 0.219. The summed E-state index contributed by atoms with van der Waals surface area (Å²) in [4.78, 5) is -1.00. The van der Waals surface area contributed by atoms with Crippen molar-refractivity contribution in [2.24, 2.45) is 0 Å². The van der Waals surface area contributed by atoms with Gasteiger partial charge in [0, 0.05) is 6.07 Å². The summed E-state index contributed by atoms with van der Waals surface area (Å²) in [5.41, 5.74) is 1.03. The molecule has 4 aromatic carbocycles. The Morgan fingerprint density at radius 1 is 0.585 bits per heavy atom. The van der Waals surface area contributed by atoms with Crippen LogP contribution in [0.15, 0.2) is 94.7 Å². The molecule has 2 N–H and O–H groups in total. The van der Waals surface area contributed by atoms with Crippen LogP contribution < -0.4 is 14.6 Å². The molecule has 0 unspecified atom stereocenters. The van der Waals surface area contributed by atoms with Gasteiger partial charge < -0.3 is 24.2 Å². The number of rotatable bonds is 20. The van der Waals surface area contributed by atoms with Crippen LogP contribution in [0.2, 0.25) is 0 Å². The minimum Gasteiger partial charge on any atom is -0.872 e. The number of aromatic hydroxyl groups is 1. The molecule has 0 aromatic heterocycles. The number of ether oxygens (including phenoxy) is 2. The molecule has 0 saturated carbocycles. The smallest absolute Gasteiger partial charge is 0.872 e. The Bertz CT molecular complexity index is 1750. The van der Waals surface area contributed by atoms with Crippen molar-refractivity contribution in [2.75, 3.05) is 0 Å². The molecule has 0 aliphatic rings. The summed E-state index contributed by atoms with van der Waals surface area (Å²) in [6.45, 7) is 4.31. The van der Waals surface area contributed by atoms with E-state index in [0.29, 0.717) is 35.5 Å². The van der Waals surface area contributed by atoms with Crippen LogP contribution in [0, 0.1) is 0 Å². The number of hydrogen-bond acceptors (Lipinski definition) is 9. The van der Waals surface area contributed by atoms with Gasteiger partial charge in [-0.1, -0.05) is 121 Å². The Hall–Kier alpha value is -2.84. The molecule has 284 valence electrons. The van der Waals surface area contributed by atoms with Crippen molar-refractivity contribution in [3.05, 3.63) is 96.1 Å². The fourth-order valence-electron chi connectivity index (χ4n) is 5.66. The van der Waals surface area contributed by atoms with Gasteiger partial charge in [0.15, 0.2) is 5.75 Å². The van der Waals surface area contributed by atoms with Crippen LogP contribution in [0.4, 0.5) is 0 Å². The van der Waals surface area contributed by atoms with Gasteiger partial charge in [-0.3, -0.25) is 4.55 Å². The Balaban J connectivity index is 0.000000360.